The molecular formula is C15H19N3O4S. The number of aromatic nitrogens is 1. The van der Waals surface area contributed by atoms with Crippen molar-refractivity contribution in [3.63, 3.8) is 0 Å². The van der Waals surface area contributed by atoms with Crippen LogP contribution in [0.3, 0.4) is 0 Å². The first kappa shape index (κ1) is 18.9. The number of nitriles is 1. The molecule has 0 saturated heterocycles. The van der Waals surface area contributed by atoms with Crippen LogP contribution in [-0.4, -0.2) is 40.9 Å². The highest BCUT2D eigenvalue weighted by molar-refractivity contribution is 7.98. The molecule has 0 aliphatic rings. The van der Waals surface area contributed by atoms with Gasteiger partial charge in [-0.3, -0.25) is 9.59 Å². The average molecular weight is 337 g/mol. The molecule has 2 N–H and O–H groups in total. The molecule has 0 aliphatic heterocycles. The third-order valence-electron chi connectivity index (χ3n) is 3.20. The molecule has 1 heterocycles. The molecule has 0 aliphatic carbocycles. The Labute approximate surface area is 139 Å². The third-order valence-corrected chi connectivity index (χ3v) is 3.95. The van der Waals surface area contributed by atoms with Crippen LogP contribution in [0.5, 0.6) is 0 Å². The highest BCUT2D eigenvalue weighted by atomic mass is 32.2. The number of carbonyl (C=O) groups excluding carboxylic acids is 2. The molecule has 1 amide bonds. The van der Waals surface area contributed by atoms with Crippen LogP contribution in [0.15, 0.2) is 17.2 Å². The summed E-state index contributed by atoms with van der Waals surface area (Å²) in [6.45, 7) is 1.38. The predicted molar refractivity (Wildman–Crippen MR) is 85.9 cm³/mol. The largest absolute Gasteiger partial charge is 0.469 e. The van der Waals surface area contributed by atoms with E-state index in [-0.39, 0.29) is 24.5 Å². The number of pyridine rings is 1. The smallest absolute Gasteiger partial charge is 0.305 e. The molecule has 8 heteroatoms. The number of esters is 1. The summed E-state index contributed by atoms with van der Waals surface area (Å²) in [5, 5.41) is 21.7. The van der Waals surface area contributed by atoms with E-state index in [1.54, 1.807) is 12.3 Å². The fourth-order valence-corrected chi connectivity index (χ4v) is 2.35. The normalized spacial score (nSPS) is 12.8. The lowest BCUT2D eigenvalue weighted by Gasteiger charge is -2.22. The second kappa shape index (κ2) is 8.50. The zero-order chi connectivity index (χ0) is 17.5. The Kier molecular flexibility index (Phi) is 7.00. The molecule has 0 spiro atoms. The predicted octanol–water partition coefficient (Wildman–Crippen LogP) is 1.71. The van der Waals surface area contributed by atoms with E-state index in [0.29, 0.717) is 17.0 Å². The number of thioether (sulfide) groups is 1. The van der Waals surface area contributed by atoms with Crippen LogP contribution in [0.25, 0.3) is 0 Å². The summed E-state index contributed by atoms with van der Waals surface area (Å²) in [4.78, 5) is 27.8. The van der Waals surface area contributed by atoms with Crippen molar-refractivity contribution < 1.29 is 19.4 Å². The van der Waals surface area contributed by atoms with Gasteiger partial charge in [0.1, 0.15) is 11.7 Å². The second-order valence-corrected chi connectivity index (χ2v) is 5.89. The number of carbonyl (C=O) groups is 2. The third kappa shape index (κ3) is 5.54. The van der Waals surface area contributed by atoms with E-state index in [0.717, 1.165) is 0 Å². The molecule has 0 radical (unpaired) electrons. The van der Waals surface area contributed by atoms with Crippen LogP contribution in [0, 0.1) is 11.3 Å². The minimum absolute atomic E-state index is 0.118. The number of hydrogen-bond donors (Lipinski definition) is 2. The minimum Gasteiger partial charge on any atom is -0.469 e. The Morgan fingerprint density at radius 3 is 2.83 bits per heavy atom. The number of anilines is 1. The Hall–Kier alpha value is -2.11. The number of nitrogens with one attached hydrogen (secondary N) is 1. The van der Waals surface area contributed by atoms with E-state index >= 15 is 0 Å². The van der Waals surface area contributed by atoms with E-state index in [9.17, 15) is 14.7 Å². The van der Waals surface area contributed by atoms with Crippen LogP contribution in [0.4, 0.5) is 5.69 Å². The summed E-state index contributed by atoms with van der Waals surface area (Å²) >= 11 is 1.34. The van der Waals surface area contributed by atoms with Crippen LogP contribution in [0.2, 0.25) is 0 Å². The van der Waals surface area contributed by atoms with Crippen molar-refractivity contribution in [1.29, 1.82) is 5.26 Å². The van der Waals surface area contributed by atoms with Crippen LogP contribution in [0.1, 0.15) is 31.9 Å². The first-order chi connectivity index (χ1) is 10.8. The molecule has 0 aromatic carbocycles. The van der Waals surface area contributed by atoms with Crippen LogP contribution in [-0.2, 0) is 14.3 Å². The molecular weight excluding hydrogens is 318 g/mol. The molecule has 0 saturated carbocycles. The lowest BCUT2D eigenvalue weighted by atomic mass is 9.98. The fourth-order valence-electron chi connectivity index (χ4n) is 1.81. The first-order valence-corrected chi connectivity index (χ1v) is 8.11. The van der Waals surface area contributed by atoms with Gasteiger partial charge in [-0.05, 0) is 32.1 Å². The standard InChI is InChI=1S/C15H19N3O4S/c1-15(21,6-4-5-13(19)22-2)14(20)18-10-7-12(23-3)11(8-16)17-9-10/h7,9,21H,4-6H2,1-3H3,(H,18,20). The molecule has 1 atom stereocenters. The quantitative estimate of drug-likeness (QED) is 0.575. The van der Waals surface area contributed by atoms with Gasteiger partial charge in [0.25, 0.3) is 5.91 Å². The summed E-state index contributed by atoms with van der Waals surface area (Å²) in [5.41, 5.74) is -0.950. The van der Waals surface area contributed by atoms with E-state index in [1.165, 1.54) is 32.0 Å². The number of rotatable bonds is 7. The van der Waals surface area contributed by atoms with Gasteiger partial charge in [-0.25, -0.2) is 4.98 Å². The second-order valence-electron chi connectivity index (χ2n) is 5.04. The molecule has 23 heavy (non-hydrogen) atoms. The number of aliphatic hydroxyl groups is 1. The van der Waals surface area contributed by atoms with Gasteiger partial charge in [-0.1, -0.05) is 0 Å². The topological polar surface area (TPSA) is 112 Å². The number of hydrogen-bond acceptors (Lipinski definition) is 7. The van der Waals surface area contributed by atoms with Gasteiger partial charge < -0.3 is 15.2 Å². The van der Waals surface area contributed by atoms with Gasteiger partial charge >= 0.3 is 5.97 Å². The monoisotopic (exact) mass is 337 g/mol. The van der Waals surface area contributed by atoms with Crippen molar-refractivity contribution in [3.05, 3.63) is 18.0 Å². The number of methoxy groups -OCH3 is 1. The number of nitrogens with zero attached hydrogens (tertiary/aromatic N) is 2. The molecule has 0 fully saturated rings. The fraction of sp³-hybridized carbons (Fsp3) is 0.467. The van der Waals surface area contributed by atoms with Gasteiger partial charge in [0.15, 0.2) is 5.69 Å². The first-order valence-electron chi connectivity index (χ1n) is 6.89. The van der Waals surface area contributed by atoms with Crippen LogP contribution < -0.4 is 5.32 Å². The highest BCUT2D eigenvalue weighted by Crippen LogP contribution is 2.23. The van der Waals surface area contributed by atoms with Crippen molar-refractivity contribution >= 4 is 29.3 Å². The summed E-state index contributed by atoms with van der Waals surface area (Å²) in [7, 11) is 1.29. The van der Waals surface area contributed by atoms with E-state index in [1.807, 2.05) is 6.07 Å². The summed E-state index contributed by atoms with van der Waals surface area (Å²) in [6.07, 6.45) is 3.74. The summed E-state index contributed by atoms with van der Waals surface area (Å²) in [5.74, 6) is -0.983. The lowest BCUT2D eigenvalue weighted by Crippen LogP contribution is -2.40. The SMILES string of the molecule is COC(=O)CCCC(C)(O)C(=O)Nc1cnc(C#N)c(SC)c1. The Morgan fingerprint density at radius 1 is 1.57 bits per heavy atom. The van der Waals surface area contributed by atoms with Gasteiger partial charge in [-0.2, -0.15) is 5.26 Å². The molecule has 0 bridgehead atoms. The molecule has 1 rings (SSSR count). The van der Waals surface area contributed by atoms with Crippen LogP contribution >= 0.6 is 11.8 Å². The lowest BCUT2D eigenvalue weighted by molar-refractivity contribution is -0.141. The van der Waals surface area contributed by atoms with E-state index in [2.05, 4.69) is 15.0 Å². The summed E-state index contributed by atoms with van der Waals surface area (Å²) < 4.78 is 4.51. The minimum atomic E-state index is -1.62. The molecule has 124 valence electrons. The molecule has 1 unspecified atom stereocenters. The zero-order valence-corrected chi connectivity index (χ0v) is 14.1. The van der Waals surface area contributed by atoms with Gasteiger partial charge in [0.05, 0.1) is 19.0 Å². The number of ether oxygens (including phenoxy) is 1. The van der Waals surface area contributed by atoms with Crippen molar-refractivity contribution in [1.82, 2.24) is 4.98 Å². The number of amides is 1. The Bertz CT molecular complexity index is 626. The van der Waals surface area contributed by atoms with Crippen molar-refractivity contribution in [2.75, 3.05) is 18.7 Å². The molecule has 1 aromatic rings. The Morgan fingerprint density at radius 2 is 2.26 bits per heavy atom. The van der Waals surface area contributed by atoms with Gasteiger partial charge in [-0.15, -0.1) is 11.8 Å². The maximum Gasteiger partial charge on any atom is 0.305 e. The van der Waals surface area contributed by atoms with Gasteiger partial charge in [0, 0.05) is 11.3 Å². The van der Waals surface area contributed by atoms with Crippen molar-refractivity contribution in [2.24, 2.45) is 0 Å². The van der Waals surface area contributed by atoms with E-state index in [4.69, 9.17) is 5.26 Å². The highest BCUT2D eigenvalue weighted by Gasteiger charge is 2.30. The maximum atomic E-state index is 12.2. The van der Waals surface area contributed by atoms with Crippen molar-refractivity contribution in [3.8, 4) is 6.07 Å². The molecule has 7 nitrogen and oxygen atoms in total. The average Bonchev–Trinajstić information content (AvgIpc) is 2.54. The molecule has 1 aromatic heterocycles. The Balaban J connectivity index is 2.70. The summed E-state index contributed by atoms with van der Waals surface area (Å²) in [6, 6.07) is 3.59. The van der Waals surface area contributed by atoms with Crippen molar-refractivity contribution in [2.45, 2.75) is 36.7 Å². The van der Waals surface area contributed by atoms with E-state index < -0.39 is 11.5 Å². The zero-order valence-electron chi connectivity index (χ0n) is 13.3. The van der Waals surface area contributed by atoms with Gasteiger partial charge in [0.2, 0.25) is 0 Å². The maximum absolute atomic E-state index is 12.2.